The van der Waals surface area contributed by atoms with Crippen molar-refractivity contribution in [3.63, 3.8) is 0 Å². The number of rotatable bonds is 8. The Labute approximate surface area is 151 Å². The number of benzene rings is 2. The molecule has 2 aromatic rings. The summed E-state index contributed by atoms with van der Waals surface area (Å²) in [6, 6.07) is 15.6. The van der Waals surface area contributed by atoms with E-state index in [1.54, 1.807) is 12.1 Å². The van der Waals surface area contributed by atoms with Crippen molar-refractivity contribution >= 4 is 11.5 Å². The molecule has 2 rings (SSSR count). The summed E-state index contributed by atoms with van der Waals surface area (Å²) in [4.78, 5) is 11.6. The number of nitrogens with two attached hydrogens (primary N) is 1. The van der Waals surface area contributed by atoms with E-state index < -0.39 is 12.0 Å². The van der Waals surface area contributed by atoms with Crippen LogP contribution in [0.5, 0.6) is 0 Å². The summed E-state index contributed by atoms with van der Waals surface area (Å²) in [5.74, 6) is -0.415. The lowest BCUT2D eigenvalue weighted by molar-refractivity contribution is -0.142. The van der Waals surface area contributed by atoms with Crippen LogP contribution in [0, 0.1) is 0 Å². The van der Waals surface area contributed by atoms with Crippen LogP contribution in [-0.4, -0.2) is 19.1 Å². The molecule has 0 aliphatic heterocycles. The van der Waals surface area contributed by atoms with Gasteiger partial charge in [0, 0.05) is 0 Å². The Bertz CT molecular complexity index is 753. The lowest BCUT2D eigenvalue weighted by Gasteiger charge is -2.15. The maximum Gasteiger partial charge on any atom is 0.322 e. The van der Waals surface area contributed by atoms with Crippen molar-refractivity contribution in [1.82, 2.24) is 0 Å². The van der Waals surface area contributed by atoms with Gasteiger partial charge in [0.15, 0.2) is 0 Å². The van der Waals surface area contributed by atoms with Gasteiger partial charge >= 0.3 is 5.97 Å². The number of methoxy groups -OCH3 is 1. The molecular formula is C22H27NO2. The molecule has 132 valence electrons. The first kappa shape index (κ1) is 17.4. The van der Waals surface area contributed by atoms with Crippen molar-refractivity contribution in [2.24, 2.45) is 5.73 Å². The van der Waals surface area contributed by atoms with E-state index >= 15 is 0 Å². The third kappa shape index (κ3) is 5.30. The lowest BCUT2D eigenvalue weighted by atomic mass is 9.90. The quantitative estimate of drug-likeness (QED) is 0.727. The molecule has 0 saturated heterocycles. The van der Waals surface area contributed by atoms with E-state index in [0.29, 0.717) is 12.5 Å². The summed E-state index contributed by atoms with van der Waals surface area (Å²) in [5, 5.41) is 0. The number of ether oxygens (including phenoxy) is 1. The first-order valence-electron chi connectivity index (χ1n) is 9.25. The Hall–Kier alpha value is -2.39. The van der Waals surface area contributed by atoms with Crippen LogP contribution in [-0.2, 0) is 16.0 Å². The molecule has 2 N–H and O–H groups in total. The molecule has 3 heteroatoms. The lowest BCUT2D eigenvalue weighted by Crippen LogP contribution is -2.30. The minimum atomic E-state index is -0.687. The highest BCUT2D eigenvalue weighted by Gasteiger charge is 2.14. The molecule has 0 fully saturated rings. The van der Waals surface area contributed by atoms with Gasteiger partial charge in [0.1, 0.15) is 6.04 Å². The molecule has 0 heterocycles. The molecule has 3 nitrogen and oxygen atoms in total. The van der Waals surface area contributed by atoms with Gasteiger partial charge in [0.25, 0.3) is 0 Å². The first-order chi connectivity index (χ1) is 12.6. The Kier molecular flexibility index (Phi) is 6.83. The monoisotopic (exact) mass is 339 g/mol. The highest BCUT2D eigenvalue weighted by Crippen LogP contribution is 2.28. The summed E-state index contributed by atoms with van der Waals surface area (Å²) >= 11 is 0. The predicted molar refractivity (Wildman–Crippen MR) is 103 cm³/mol. The molecular weight excluding hydrogens is 310 g/mol. The molecule has 2 aromatic carbocycles. The normalized spacial score (nSPS) is 13.2. The Morgan fingerprint density at radius 3 is 2.64 bits per heavy atom. The molecule has 0 radical (unpaired) electrons. The van der Waals surface area contributed by atoms with Gasteiger partial charge in [-0.2, -0.15) is 0 Å². The van der Waals surface area contributed by atoms with E-state index in [1.807, 2.05) is 24.3 Å². The number of hydrogen-bond donors (Lipinski definition) is 1. The molecule has 0 bridgehead atoms. The molecule has 1 atom stereocenters. The Morgan fingerprint density at radius 1 is 1.24 bits per heavy atom. The van der Waals surface area contributed by atoms with Crippen LogP contribution in [0.4, 0.5) is 0 Å². The van der Waals surface area contributed by atoms with Gasteiger partial charge in [0.05, 0.1) is 8.48 Å². The maximum atomic E-state index is 11.6. The van der Waals surface area contributed by atoms with Crippen molar-refractivity contribution in [3.8, 4) is 0 Å². The summed E-state index contributed by atoms with van der Waals surface area (Å²) < 4.78 is 12.5. The van der Waals surface area contributed by atoms with Crippen molar-refractivity contribution < 1.29 is 10.9 Å². The largest absolute Gasteiger partial charge is 0.468 e. The van der Waals surface area contributed by atoms with E-state index in [4.69, 9.17) is 11.8 Å². The molecule has 1 unspecified atom stereocenters. The van der Waals surface area contributed by atoms with Crippen LogP contribution < -0.4 is 5.73 Å². The average Bonchev–Trinajstić information content (AvgIpc) is 2.67. The zero-order valence-corrected chi connectivity index (χ0v) is 15.0. The van der Waals surface area contributed by atoms with E-state index in [1.165, 1.54) is 12.7 Å². The zero-order valence-electron chi connectivity index (χ0n) is 16.0. The van der Waals surface area contributed by atoms with Crippen molar-refractivity contribution in [1.29, 1.82) is 0 Å². The van der Waals surface area contributed by atoms with Crippen LogP contribution in [0.25, 0.3) is 5.57 Å². The molecule has 0 aliphatic carbocycles. The van der Waals surface area contributed by atoms with Crippen LogP contribution in [0.2, 0.25) is 0 Å². The van der Waals surface area contributed by atoms with Gasteiger partial charge in [-0.25, -0.2) is 0 Å². The van der Waals surface area contributed by atoms with Crippen molar-refractivity contribution in [2.75, 3.05) is 7.11 Å². The number of unbranched alkanes of at least 4 members (excludes halogenated alkanes) is 1. The second-order valence-electron chi connectivity index (χ2n) is 6.03. The summed E-state index contributed by atoms with van der Waals surface area (Å²) in [6.45, 7) is 2.18. The third-order valence-electron chi connectivity index (χ3n) is 4.22. The second kappa shape index (κ2) is 9.80. The number of esters is 1. The topological polar surface area (TPSA) is 52.3 Å². The van der Waals surface area contributed by atoms with Gasteiger partial charge in [-0.1, -0.05) is 74.0 Å². The van der Waals surface area contributed by atoms with Gasteiger partial charge in [0.2, 0.25) is 0 Å². The number of aryl methyl sites for hydroxylation is 1. The molecule has 25 heavy (non-hydrogen) atoms. The minimum Gasteiger partial charge on any atom is -0.468 e. The van der Waals surface area contributed by atoms with Gasteiger partial charge in [-0.05, 0) is 41.5 Å². The van der Waals surface area contributed by atoms with Crippen molar-refractivity contribution in [3.05, 3.63) is 77.3 Å². The van der Waals surface area contributed by atoms with E-state index in [0.717, 1.165) is 36.0 Å². The molecule has 0 aliphatic rings. The Balaban J connectivity index is 2.44. The summed E-state index contributed by atoms with van der Waals surface area (Å²) in [5.41, 5.74) is 10.4. The van der Waals surface area contributed by atoms with Gasteiger partial charge in [-0.3, -0.25) is 4.79 Å². The average molecular weight is 339 g/mol. The van der Waals surface area contributed by atoms with E-state index in [9.17, 15) is 4.79 Å². The second-order valence-corrected chi connectivity index (χ2v) is 6.03. The maximum absolute atomic E-state index is 11.6. The molecule has 0 amide bonds. The predicted octanol–water partition coefficient (Wildman–Crippen LogP) is 4.35. The summed E-state index contributed by atoms with van der Waals surface area (Å²) in [7, 11) is 1.35. The standard InChI is InChI=1S/C22H27NO2/c1-3-4-10-17-13-8-9-14-19(17)20(18-11-6-5-7-12-18)15-16-21(23)22(24)25-2/h5-9,11-15,21H,3-4,10,16,23H2,1-2H3/i5T. The molecule has 0 saturated carbocycles. The third-order valence-corrected chi connectivity index (χ3v) is 4.22. The van der Waals surface area contributed by atoms with Gasteiger partial charge in [-0.15, -0.1) is 0 Å². The first-order valence-corrected chi connectivity index (χ1v) is 8.75. The van der Waals surface area contributed by atoms with Crippen LogP contribution in [0.15, 0.2) is 60.6 Å². The fraction of sp³-hybridized carbons (Fsp3) is 0.318. The fourth-order valence-electron chi connectivity index (χ4n) is 2.81. The molecule has 0 aromatic heterocycles. The SMILES string of the molecule is [3H]c1ccc(C(=CCC(N)C(=O)OC)c2ccccc2CCCC)cc1. The van der Waals surface area contributed by atoms with Crippen LogP contribution in [0.3, 0.4) is 0 Å². The highest BCUT2D eigenvalue weighted by atomic mass is 16.5. The highest BCUT2D eigenvalue weighted by molar-refractivity contribution is 5.82. The van der Waals surface area contributed by atoms with Crippen LogP contribution >= 0.6 is 0 Å². The molecule has 0 spiro atoms. The van der Waals surface area contributed by atoms with Crippen LogP contribution in [0.1, 0.15) is 44.2 Å². The number of carbonyl (C=O) groups is 1. The Morgan fingerprint density at radius 2 is 1.96 bits per heavy atom. The van der Waals surface area contributed by atoms with Gasteiger partial charge < -0.3 is 10.5 Å². The number of carbonyl (C=O) groups excluding carboxylic acids is 1. The smallest absolute Gasteiger partial charge is 0.322 e. The summed E-state index contributed by atoms with van der Waals surface area (Å²) in [6.07, 6.45) is 5.66. The van der Waals surface area contributed by atoms with E-state index in [-0.39, 0.29) is 0 Å². The van der Waals surface area contributed by atoms with E-state index in [2.05, 4.69) is 25.1 Å². The van der Waals surface area contributed by atoms with Crippen molar-refractivity contribution in [2.45, 2.75) is 38.6 Å². The zero-order chi connectivity index (χ0) is 18.9. The fourth-order valence-corrected chi connectivity index (χ4v) is 2.81. The number of hydrogen-bond acceptors (Lipinski definition) is 3. The minimum absolute atomic E-state index is 0.396.